The number of methoxy groups -OCH3 is 1. The van der Waals surface area contributed by atoms with Gasteiger partial charge in [-0.25, -0.2) is 0 Å². The molecule has 1 unspecified atom stereocenters. The third kappa shape index (κ3) is 3.71. The highest BCUT2D eigenvalue weighted by Crippen LogP contribution is 2.35. The topological polar surface area (TPSA) is 38.5 Å². The second-order valence-corrected chi connectivity index (χ2v) is 5.85. The summed E-state index contributed by atoms with van der Waals surface area (Å²) >= 11 is 0. The van der Waals surface area contributed by atoms with Crippen molar-refractivity contribution >= 4 is 0 Å². The molecule has 0 spiro atoms. The monoisotopic (exact) mass is 262 g/mol. The van der Waals surface area contributed by atoms with Crippen molar-refractivity contribution in [2.75, 3.05) is 20.2 Å². The average molecular weight is 262 g/mol. The highest BCUT2D eigenvalue weighted by molar-refractivity contribution is 5.31. The molecule has 3 heteroatoms. The average Bonchev–Trinajstić information content (AvgIpc) is 3.22. The summed E-state index contributed by atoms with van der Waals surface area (Å²) in [5.74, 6) is 1.58. The predicted molar refractivity (Wildman–Crippen MR) is 79.4 cm³/mol. The van der Waals surface area contributed by atoms with Crippen molar-refractivity contribution in [1.82, 2.24) is 4.90 Å². The Labute approximate surface area is 116 Å². The first kappa shape index (κ1) is 14.4. The first-order chi connectivity index (χ1) is 9.15. The number of nitrogens with zero attached hydrogens (tertiary/aromatic N) is 1. The van der Waals surface area contributed by atoms with E-state index in [-0.39, 0.29) is 0 Å². The van der Waals surface area contributed by atoms with Crippen LogP contribution >= 0.6 is 0 Å². The Hall–Kier alpha value is -1.06. The Morgan fingerprint density at radius 3 is 2.63 bits per heavy atom. The largest absolute Gasteiger partial charge is 0.497 e. The number of nitrogens with two attached hydrogens (primary N) is 1. The summed E-state index contributed by atoms with van der Waals surface area (Å²) in [6.45, 7) is 6.32. The molecule has 1 atom stereocenters. The van der Waals surface area contributed by atoms with Gasteiger partial charge in [-0.15, -0.1) is 0 Å². The van der Waals surface area contributed by atoms with Crippen LogP contribution in [0.5, 0.6) is 5.75 Å². The van der Waals surface area contributed by atoms with Crippen LogP contribution in [0, 0.1) is 5.92 Å². The Kier molecular flexibility index (Phi) is 4.83. The Morgan fingerprint density at radius 2 is 2.11 bits per heavy atom. The number of benzene rings is 1. The van der Waals surface area contributed by atoms with Crippen molar-refractivity contribution in [1.29, 1.82) is 0 Å². The highest BCUT2D eigenvalue weighted by Gasteiger charge is 2.34. The molecule has 0 bridgehead atoms. The highest BCUT2D eigenvalue weighted by atomic mass is 16.5. The molecule has 2 rings (SSSR count). The molecule has 2 N–H and O–H groups in total. The molecular weight excluding hydrogens is 236 g/mol. The van der Waals surface area contributed by atoms with Gasteiger partial charge in [0.1, 0.15) is 5.75 Å². The fraction of sp³-hybridized carbons (Fsp3) is 0.625. The third-order valence-electron chi connectivity index (χ3n) is 3.69. The van der Waals surface area contributed by atoms with E-state index in [1.165, 1.54) is 18.4 Å². The van der Waals surface area contributed by atoms with Gasteiger partial charge in [0.05, 0.1) is 7.11 Å². The van der Waals surface area contributed by atoms with Crippen molar-refractivity contribution in [3.8, 4) is 5.75 Å². The standard InChI is InChI=1S/C16H26N2O/c1-12(2)11-18(14-7-8-14)16(10-17)13-5-4-6-15(9-13)19-3/h4-6,9,12,14,16H,7-8,10-11,17H2,1-3H3. The van der Waals surface area contributed by atoms with Gasteiger partial charge < -0.3 is 10.5 Å². The van der Waals surface area contributed by atoms with Crippen LogP contribution in [0.1, 0.15) is 38.3 Å². The molecule has 0 saturated heterocycles. The maximum Gasteiger partial charge on any atom is 0.119 e. The van der Waals surface area contributed by atoms with Crippen molar-refractivity contribution in [2.24, 2.45) is 11.7 Å². The van der Waals surface area contributed by atoms with Crippen LogP contribution in [-0.4, -0.2) is 31.1 Å². The molecule has 1 saturated carbocycles. The zero-order valence-electron chi connectivity index (χ0n) is 12.3. The van der Waals surface area contributed by atoms with E-state index in [1.54, 1.807) is 7.11 Å². The maximum atomic E-state index is 6.06. The molecule has 1 aliphatic rings. The number of hydrogen-bond donors (Lipinski definition) is 1. The van der Waals surface area contributed by atoms with Gasteiger partial charge in [0.25, 0.3) is 0 Å². The number of hydrogen-bond acceptors (Lipinski definition) is 3. The minimum absolute atomic E-state index is 0.310. The van der Waals surface area contributed by atoms with Crippen molar-refractivity contribution in [3.63, 3.8) is 0 Å². The van der Waals surface area contributed by atoms with Crippen LogP contribution in [0.2, 0.25) is 0 Å². The molecule has 106 valence electrons. The van der Waals surface area contributed by atoms with Gasteiger partial charge in [-0.05, 0) is 36.5 Å². The van der Waals surface area contributed by atoms with E-state index in [9.17, 15) is 0 Å². The van der Waals surface area contributed by atoms with Crippen LogP contribution in [0.4, 0.5) is 0 Å². The van der Waals surface area contributed by atoms with Gasteiger partial charge in [-0.3, -0.25) is 4.90 Å². The van der Waals surface area contributed by atoms with Gasteiger partial charge in [0.15, 0.2) is 0 Å². The molecule has 0 aliphatic heterocycles. The lowest BCUT2D eigenvalue weighted by atomic mass is 10.0. The van der Waals surface area contributed by atoms with Gasteiger partial charge in [-0.2, -0.15) is 0 Å². The summed E-state index contributed by atoms with van der Waals surface area (Å²) in [7, 11) is 1.71. The lowest BCUT2D eigenvalue weighted by Gasteiger charge is -2.33. The zero-order chi connectivity index (χ0) is 13.8. The Balaban J connectivity index is 2.20. The van der Waals surface area contributed by atoms with Crippen LogP contribution in [0.3, 0.4) is 0 Å². The summed E-state index contributed by atoms with van der Waals surface area (Å²) in [6.07, 6.45) is 2.63. The molecule has 0 radical (unpaired) electrons. The van der Waals surface area contributed by atoms with Gasteiger partial charge in [0, 0.05) is 25.2 Å². The van der Waals surface area contributed by atoms with Gasteiger partial charge >= 0.3 is 0 Å². The second kappa shape index (κ2) is 6.40. The van der Waals surface area contributed by atoms with Crippen LogP contribution in [-0.2, 0) is 0 Å². The maximum absolute atomic E-state index is 6.06. The first-order valence-electron chi connectivity index (χ1n) is 7.25. The SMILES string of the molecule is COc1cccc(C(CN)N(CC(C)C)C2CC2)c1. The second-order valence-electron chi connectivity index (χ2n) is 5.85. The normalized spacial score (nSPS) is 16.9. The first-order valence-corrected chi connectivity index (χ1v) is 7.25. The summed E-state index contributed by atoms with van der Waals surface area (Å²) in [5, 5.41) is 0. The molecule has 0 aromatic heterocycles. The minimum atomic E-state index is 0.310. The number of ether oxygens (including phenoxy) is 1. The summed E-state index contributed by atoms with van der Waals surface area (Å²) in [5.41, 5.74) is 7.33. The lowest BCUT2D eigenvalue weighted by molar-refractivity contribution is 0.169. The molecule has 1 fully saturated rings. The molecule has 3 nitrogen and oxygen atoms in total. The van der Waals surface area contributed by atoms with Crippen LogP contribution in [0.25, 0.3) is 0 Å². The minimum Gasteiger partial charge on any atom is -0.497 e. The van der Waals surface area contributed by atoms with Crippen molar-refractivity contribution < 1.29 is 4.74 Å². The fourth-order valence-electron chi connectivity index (χ4n) is 2.67. The fourth-order valence-corrected chi connectivity index (χ4v) is 2.67. The molecule has 19 heavy (non-hydrogen) atoms. The third-order valence-corrected chi connectivity index (χ3v) is 3.69. The molecule has 0 heterocycles. The van der Waals surface area contributed by atoms with E-state index < -0.39 is 0 Å². The van der Waals surface area contributed by atoms with Crippen LogP contribution in [0.15, 0.2) is 24.3 Å². The Morgan fingerprint density at radius 1 is 1.37 bits per heavy atom. The lowest BCUT2D eigenvalue weighted by Crippen LogP contribution is -2.38. The summed E-state index contributed by atoms with van der Waals surface area (Å²) in [4.78, 5) is 2.58. The molecule has 0 amide bonds. The Bertz CT molecular complexity index is 401. The van der Waals surface area contributed by atoms with E-state index >= 15 is 0 Å². The van der Waals surface area contributed by atoms with Crippen LogP contribution < -0.4 is 10.5 Å². The van der Waals surface area contributed by atoms with Gasteiger partial charge in [0.2, 0.25) is 0 Å². The molecule has 1 aromatic carbocycles. The molecular formula is C16H26N2O. The number of rotatable bonds is 7. The zero-order valence-corrected chi connectivity index (χ0v) is 12.3. The quantitative estimate of drug-likeness (QED) is 0.821. The van der Waals surface area contributed by atoms with Gasteiger partial charge in [-0.1, -0.05) is 26.0 Å². The molecule has 1 aromatic rings. The van der Waals surface area contributed by atoms with E-state index in [0.717, 1.165) is 18.3 Å². The summed E-state index contributed by atoms with van der Waals surface area (Å²) < 4.78 is 5.33. The molecule has 1 aliphatic carbocycles. The summed E-state index contributed by atoms with van der Waals surface area (Å²) in [6, 6.07) is 9.36. The van der Waals surface area contributed by atoms with Crippen molar-refractivity contribution in [3.05, 3.63) is 29.8 Å². The smallest absolute Gasteiger partial charge is 0.119 e. The van der Waals surface area contributed by atoms with E-state index in [0.29, 0.717) is 18.5 Å². The van der Waals surface area contributed by atoms with E-state index in [2.05, 4.69) is 36.9 Å². The van der Waals surface area contributed by atoms with E-state index in [1.807, 2.05) is 6.07 Å². The van der Waals surface area contributed by atoms with Crippen molar-refractivity contribution in [2.45, 2.75) is 38.8 Å². The van der Waals surface area contributed by atoms with E-state index in [4.69, 9.17) is 10.5 Å². The predicted octanol–water partition coefficient (Wildman–Crippen LogP) is 2.82.